The van der Waals surface area contributed by atoms with Crippen molar-refractivity contribution in [2.75, 3.05) is 27.2 Å². The van der Waals surface area contributed by atoms with Crippen molar-refractivity contribution in [3.8, 4) is 0 Å². The number of halogens is 1. The standard InChI is InChI=1S/C6H11NO2.CH3Cl/c1-4-6(8)9-5-7(2)3;1-2/h4H,1,5H2,2-3H3;1H3. The van der Waals surface area contributed by atoms with Crippen LogP contribution in [0.4, 0.5) is 0 Å². The van der Waals surface area contributed by atoms with E-state index in [2.05, 4.69) is 22.9 Å². The smallest absolute Gasteiger partial charge is 0.331 e. The van der Waals surface area contributed by atoms with Gasteiger partial charge < -0.3 is 4.74 Å². The summed E-state index contributed by atoms with van der Waals surface area (Å²) in [6.45, 7) is 3.56. The quantitative estimate of drug-likeness (QED) is 0.281. The van der Waals surface area contributed by atoms with Gasteiger partial charge in [0.25, 0.3) is 0 Å². The topological polar surface area (TPSA) is 29.5 Å². The van der Waals surface area contributed by atoms with Crippen LogP contribution in [0.3, 0.4) is 0 Å². The molecule has 0 N–H and O–H groups in total. The Balaban J connectivity index is 0. The summed E-state index contributed by atoms with van der Waals surface area (Å²) < 4.78 is 4.62. The van der Waals surface area contributed by atoms with Crippen molar-refractivity contribution in [2.24, 2.45) is 0 Å². The summed E-state index contributed by atoms with van der Waals surface area (Å²) in [7, 11) is 3.63. The summed E-state index contributed by atoms with van der Waals surface area (Å²) >= 11 is 4.64. The van der Waals surface area contributed by atoms with Gasteiger partial charge in [0.15, 0.2) is 0 Å². The zero-order chi connectivity index (χ0) is 9.28. The minimum atomic E-state index is -0.385. The Morgan fingerprint density at radius 2 is 2.09 bits per heavy atom. The Morgan fingerprint density at radius 1 is 1.64 bits per heavy atom. The number of nitrogens with zero attached hydrogens (tertiary/aromatic N) is 1. The fraction of sp³-hybridized carbons (Fsp3) is 0.571. The van der Waals surface area contributed by atoms with Crippen LogP contribution in [0.2, 0.25) is 0 Å². The Hall–Kier alpha value is -0.540. The lowest BCUT2D eigenvalue weighted by Gasteiger charge is -2.07. The second-order valence-corrected chi connectivity index (χ2v) is 1.88. The normalized spacial score (nSPS) is 8.09. The molecule has 0 aromatic carbocycles. The molecule has 0 atom stereocenters. The minimum absolute atomic E-state index is 0.310. The Morgan fingerprint density at radius 3 is 2.36 bits per heavy atom. The van der Waals surface area contributed by atoms with E-state index in [9.17, 15) is 4.79 Å². The van der Waals surface area contributed by atoms with Gasteiger partial charge in [-0.1, -0.05) is 6.58 Å². The van der Waals surface area contributed by atoms with E-state index in [1.54, 1.807) is 4.90 Å². The van der Waals surface area contributed by atoms with Gasteiger partial charge >= 0.3 is 5.97 Å². The van der Waals surface area contributed by atoms with Gasteiger partial charge in [-0.2, -0.15) is 0 Å². The van der Waals surface area contributed by atoms with Crippen LogP contribution < -0.4 is 0 Å². The molecule has 66 valence electrons. The largest absolute Gasteiger partial charge is 0.446 e. The number of alkyl halides is 1. The molecule has 0 spiro atoms. The van der Waals surface area contributed by atoms with Crippen LogP contribution in [0.25, 0.3) is 0 Å². The second kappa shape index (κ2) is 9.46. The first-order valence-electron chi connectivity index (χ1n) is 2.98. The van der Waals surface area contributed by atoms with Gasteiger partial charge in [-0.05, 0) is 14.1 Å². The first-order valence-corrected chi connectivity index (χ1v) is 3.74. The van der Waals surface area contributed by atoms with Crippen molar-refractivity contribution in [1.29, 1.82) is 0 Å². The lowest BCUT2D eigenvalue weighted by atomic mass is 10.7. The van der Waals surface area contributed by atoms with Crippen molar-refractivity contribution < 1.29 is 9.53 Å². The molecule has 11 heavy (non-hydrogen) atoms. The van der Waals surface area contributed by atoms with Gasteiger partial charge in [0.2, 0.25) is 0 Å². The molecule has 3 nitrogen and oxygen atoms in total. The van der Waals surface area contributed by atoms with Crippen LogP contribution in [-0.4, -0.2) is 38.1 Å². The predicted octanol–water partition coefficient (Wildman–Crippen LogP) is 1.09. The molecule has 0 aromatic heterocycles. The molecule has 0 aliphatic carbocycles. The van der Waals surface area contributed by atoms with E-state index >= 15 is 0 Å². The molecule has 0 aliphatic rings. The molecule has 0 amide bonds. The van der Waals surface area contributed by atoms with Gasteiger partial charge in [-0.3, -0.25) is 4.90 Å². The third-order valence-electron chi connectivity index (χ3n) is 0.632. The highest BCUT2D eigenvalue weighted by Crippen LogP contribution is 1.80. The molecule has 0 rings (SSSR count). The zero-order valence-electron chi connectivity index (χ0n) is 7.13. The van der Waals surface area contributed by atoms with Crippen LogP contribution in [0.5, 0.6) is 0 Å². The number of carbonyl (C=O) groups is 1. The number of hydrogen-bond donors (Lipinski definition) is 0. The molecular weight excluding hydrogens is 166 g/mol. The number of rotatable bonds is 3. The molecule has 0 heterocycles. The Kier molecular flexibility index (Phi) is 11.2. The van der Waals surface area contributed by atoms with Crippen LogP contribution in [0, 0.1) is 0 Å². The molecule has 0 bridgehead atoms. The lowest BCUT2D eigenvalue weighted by Crippen LogP contribution is -2.18. The summed E-state index contributed by atoms with van der Waals surface area (Å²) in [5.41, 5.74) is 0. The third kappa shape index (κ3) is 12.6. The third-order valence-corrected chi connectivity index (χ3v) is 0.632. The first-order chi connectivity index (χ1) is 5.16. The van der Waals surface area contributed by atoms with Crippen molar-refractivity contribution in [3.05, 3.63) is 12.7 Å². The SMILES string of the molecule is C=CC(=O)OCN(C)C.CCl. The molecule has 0 radical (unpaired) electrons. The monoisotopic (exact) mass is 179 g/mol. The minimum Gasteiger partial charge on any atom is -0.446 e. The highest BCUT2D eigenvalue weighted by molar-refractivity contribution is 6.15. The average Bonchev–Trinajstić information content (AvgIpc) is 2.04. The molecule has 4 heteroatoms. The zero-order valence-corrected chi connectivity index (χ0v) is 7.89. The lowest BCUT2D eigenvalue weighted by molar-refractivity contribution is -0.141. The fourth-order valence-electron chi connectivity index (χ4n) is 0.252. The van der Waals surface area contributed by atoms with Crippen LogP contribution in [0.15, 0.2) is 12.7 Å². The average molecular weight is 180 g/mol. The number of ether oxygens (including phenoxy) is 1. The second-order valence-electron chi connectivity index (χ2n) is 1.88. The number of carbonyl (C=O) groups excluding carboxylic acids is 1. The van der Waals surface area contributed by atoms with Gasteiger partial charge in [-0.25, -0.2) is 4.79 Å². The maximum Gasteiger partial charge on any atom is 0.331 e. The molecule has 0 saturated heterocycles. The molecular formula is C7H14ClNO2. The van der Waals surface area contributed by atoms with Gasteiger partial charge in [-0.15, -0.1) is 11.6 Å². The summed E-state index contributed by atoms with van der Waals surface area (Å²) in [5, 5.41) is 0. The first kappa shape index (κ1) is 13.1. The summed E-state index contributed by atoms with van der Waals surface area (Å²) in [6, 6.07) is 0. The molecule has 0 saturated carbocycles. The van der Waals surface area contributed by atoms with Crippen LogP contribution >= 0.6 is 11.6 Å². The maximum absolute atomic E-state index is 10.3. The van der Waals surface area contributed by atoms with Gasteiger partial charge in [0, 0.05) is 12.5 Å². The fourth-order valence-corrected chi connectivity index (χ4v) is 0.252. The summed E-state index contributed by atoms with van der Waals surface area (Å²) in [5.74, 6) is -0.385. The number of hydrogen-bond acceptors (Lipinski definition) is 3. The summed E-state index contributed by atoms with van der Waals surface area (Å²) in [6.07, 6.45) is 2.61. The van der Waals surface area contributed by atoms with E-state index in [1.165, 1.54) is 6.38 Å². The van der Waals surface area contributed by atoms with Crippen LogP contribution in [-0.2, 0) is 9.53 Å². The van der Waals surface area contributed by atoms with E-state index in [0.717, 1.165) is 6.08 Å². The van der Waals surface area contributed by atoms with Crippen LogP contribution in [0.1, 0.15) is 0 Å². The highest BCUT2D eigenvalue weighted by Gasteiger charge is 1.93. The van der Waals surface area contributed by atoms with E-state index in [0.29, 0.717) is 6.73 Å². The molecule has 0 aliphatic heterocycles. The highest BCUT2D eigenvalue weighted by atomic mass is 35.5. The van der Waals surface area contributed by atoms with Crippen molar-refractivity contribution >= 4 is 17.6 Å². The van der Waals surface area contributed by atoms with E-state index in [1.807, 2.05) is 14.1 Å². The predicted molar refractivity (Wildman–Crippen MR) is 46.6 cm³/mol. The van der Waals surface area contributed by atoms with E-state index in [-0.39, 0.29) is 5.97 Å². The van der Waals surface area contributed by atoms with Crippen molar-refractivity contribution in [2.45, 2.75) is 0 Å². The molecule has 0 unspecified atom stereocenters. The summed E-state index contributed by atoms with van der Waals surface area (Å²) in [4.78, 5) is 12.1. The maximum atomic E-state index is 10.3. The van der Waals surface area contributed by atoms with E-state index < -0.39 is 0 Å². The molecule has 0 fully saturated rings. The Bertz CT molecular complexity index is 115. The molecule has 0 aromatic rings. The Labute approximate surface area is 72.6 Å². The van der Waals surface area contributed by atoms with Crippen molar-refractivity contribution in [1.82, 2.24) is 4.90 Å². The van der Waals surface area contributed by atoms with Gasteiger partial charge in [0.05, 0.1) is 0 Å². The van der Waals surface area contributed by atoms with E-state index in [4.69, 9.17) is 0 Å². The van der Waals surface area contributed by atoms with Gasteiger partial charge in [0.1, 0.15) is 6.73 Å². The van der Waals surface area contributed by atoms with Crippen molar-refractivity contribution in [3.63, 3.8) is 0 Å². The number of esters is 1.